The highest BCUT2D eigenvalue weighted by molar-refractivity contribution is 5.89. The third kappa shape index (κ3) is 4.83. The van der Waals surface area contributed by atoms with Gasteiger partial charge in [-0.3, -0.25) is 9.78 Å². The summed E-state index contributed by atoms with van der Waals surface area (Å²) >= 11 is 0. The van der Waals surface area contributed by atoms with Crippen molar-refractivity contribution in [2.24, 2.45) is 0 Å². The van der Waals surface area contributed by atoms with Crippen molar-refractivity contribution >= 4 is 16.9 Å². The Morgan fingerprint density at radius 1 is 1.15 bits per heavy atom. The predicted molar refractivity (Wildman–Crippen MR) is 135 cm³/mol. The Hall–Kier alpha value is -4.67. The third-order valence-corrected chi connectivity index (χ3v) is 6.91. The largest absolute Gasteiger partial charge is 0.573 e. The van der Waals surface area contributed by atoms with Crippen molar-refractivity contribution in [2.75, 3.05) is 0 Å². The lowest BCUT2D eigenvalue weighted by atomic mass is 10.00. The van der Waals surface area contributed by atoms with Gasteiger partial charge in [0.15, 0.2) is 0 Å². The molecular formula is C28H21F3N4O4. The number of carboxylic acids is 1. The number of carbonyl (C=O) groups is 1. The van der Waals surface area contributed by atoms with Crippen molar-refractivity contribution in [3.8, 4) is 39.7 Å². The van der Waals surface area contributed by atoms with E-state index in [-0.39, 0.29) is 29.6 Å². The summed E-state index contributed by atoms with van der Waals surface area (Å²) in [4.78, 5) is 23.1. The standard InChI is InChI=1S/C28H21F3N4O4/c1-14-13-32-7-6-20(14)17-8-18(10-19(9-17)38-28(29,30)31)27-34-26(35-39-27)16-3-5-23-22(11-16)21-4-2-15(12-24(36)37)25(21)33-23/h3,5-11,13,15,33H,2,4,12H2,1H3,(H,36,37). The summed E-state index contributed by atoms with van der Waals surface area (Å²) in [6.45, 7) is 1.81. The van der Waals surface area contributed by atoms with Crippen molar-refractivity contribution in [3.05, 3.63) is 71.7 Å². The number of aliphatic carboxylic acids is 1. The average molecular weight is 534 g/mol. The van der Waals surface area contributed by atoms with E-state index in [1.54, 1.807) is 24.5 Å². The number of H-pyrrole nitrogens is 1. The number of rotatable bonds is 6. The molecule has 3 heterocycles. The van der Waals surface area contributed by atoms with Gasteiger partial charge in [-0.1, -0.05) is 5.16 Å². The van der Waals surface area contributed by atoms with Crippen LogP contribution < -0.4 is 4.74 Å². The zero-order valence-electron chi connectivity index (χ0n) is 20.5. The molecule has 1 aliphatic carbocycles. The summed E-state index contributed by atoms with van der Waals surface area (Å²) in [6.07, 6.45) is -0.109. The van der Waals surface area contributed by atoms with Crippen LogP contribution in [0.5, 0.6) is 5.75 Å². The van der Waals surface area contributed by atoms with E-state index in [2.05, 4.69) is 24.8 Å². The smallest absolute Gasteiger partial charge is 0.481 e. The van der Waals surface area contributed by atoms with Crippen LogP contribution in [0.4, 0.5) is 13.2 Å². The number of benzene rings is 2. The number of hydrogen-bond donors (Lipinski definition) is 2. The third-order valence-electron chi connectivity index (χ3n) is 6.91. The summed E-state index contributed by atoms with van der Waals surface area (Å²) in [6, 6.07) is 11.5. The minimum absolute atomic E-state index is 0.0338. The molecule has 0 radical (unpaired) electrons. The predicted octanol–water partition coefficient (Wildman–Crippen LogP) is 6.66. The second-order valence-corrected chi connectivity index (χ2v) is 9.52. The Morgan fingerprint density at radius 2 is 1.97 bits per heavy atom. The number of pyridine rings is 1. The fraction of sp³-hybridized carbons (Fsp3) is 0.214. The molecule has 1 aliphatic rings. The molecule has 6 rings (SSSR count). The zero-order chi connectivity index (χ0) is 27.3. The van der Waals surface area contributed by atoms with Crippen molar-refractivity contribution in [2.45, 2.75) is 38.5 Å². The number of aromatic nitrogens is 4. The van der Waals surface area contributed by atoms with Gasteiger partial charge in [-0.2, -0.15) is 4.98 Å². The first-order chi connectivity index (χ1) is 18.6. The molecule has 1 unspecified atom stereocenters. The van der Waals surface area contributed by atoms with Gasteiger partial charge >= 0.3 is 12.3 Å². The molecule has 0 amide bonds. The van der Waals surface area contributed by atoms with E-state index in [9.17, 15) is 23.1 Å². The number of hydrogen-bond acceptors (Lipinski definition) is 6. The Balaban J connectivity index is 1.38. The molecule has 0 bridgehead atoms. The highest BCUT2D eigenvalue weighted by Crippen LogP contribution is 2.41. The van der Waals surface area contributed by atoms with E-state index in [0.717, 1.165) is 40.6 Å². The molecule has 0 saturated heterocycles. The molecule has 0 saturated carbocycles. The van der Waals surface area contributed by atoms with Gasteiger partial charge in [0.1, 0.15) is 5.75 Å². The first kappa shape index (κ1) is 24.7. The molecule has 8 nitrogen and oxygen atoms in total. The summed E-state index contributed by atoms with van der Waals surface area (Å²) < 4.78 is 48.9. The average Bonchev–Trinajstić information content (AvgIpc) is 3.59. The molecule has 0 aliphatic heterocycles. The van der Waals surface area contributed by atoms with Crippen molar-refractivity contribution in [3.63, 3.8) is 0 Å². The minimum Gasteiger partial charge on any atom is -0.481 e. The number of aromatic amines is 1. The van der Waals surface area contributed by atoms with Crippen molar-refractivity contribution < 1.29 is 32.3 Å². The highest BCUT2D eigenvalue weighted by Gasteiger charge is 2.32. The van der Waals surface area contributed by atoms with Crippen LogP contribution in [0, 0.1) is 6.92 Å². The van der Waals surface area contributed by atoms with Gasteiger partial charge in [-0.05, 0) is 84.5 Å². The molecular weight excluding hydrogens is 513 g/mol. The second-order valence-electron chi connectivity index (χ2n) is 9.52. The Kier molecular flexibility index (Phi) is 5.86. The van der Waals surface area contributed by atoms with Crippen LogP contribution in [0.3, 0.4) is 0 Å². The van der Waals surface area contributed by atoms with Crippen molar-refractivity contribution in [1.29, 1.82) is 0 Å². The van der Waals surface area contributed by atoms with Crippen LogP contribution in [0.25, 0.3) is 44.9 Å². The number of nitrogens with zero attached hydrogens (tertiary/aromatic N) is 3. The van der Waals surface area contributed by atoms with Crippen LogP contribution in [-0.4, -0.2) is 37.5 Å². The lowest BCUT2D eigenvalue weighted by Crippen LogP contribution is -2.17. The monoisotopic (exact) mass is 534 g/mol. The number of halogens is 3. The second kappa shape index (κ2) is 9.26. The SMILES string of the molecule is Cc1cnccc1-c1cc(OC(F)(F)F)cc(-c2nc(-c3ccc4[nH]c5c(c4c3)CCC5CC(=O)O)no2)c1. The molecule has 5 aromatic rings. The number of fused-ring (bicyclic) bond motifs is 3. The first-order valence-corrected chi connectivity index (χ1v) is 12.2. The van der Waals surface area contributed by atoms with E-state index >= 15 is 0 Å². The molecule has 198 valence electrons. The van der Waals surface area contributed by atoms with Gasteiger partial charge in [0, 0.05) is 46.0 Å². The van der Waals surface area contributed by atoms with Crippen molar-refractivity contribution in [1.82, 2.24) is 20.1 Å². The molecule has 2 aromatic carbocycles. The minimum atomic E-state index is -4.88. The zero-order valence-corrected chi connectivity index (χ0v) is 20.5. The van der Waals surface area contributed by atoms with Gasteiger partial charge in [-0.15, -0.1) is 13.2 Å². The van der Waals surface area contributed by atoms with Crippen LogP contribution >= 0.6 is 0 Å². The molecule has 1 atom stereocenters. The van der Waals surface area contributed by atoms with Gasteiger partial charge in [0.2, 0.25) is 5.82 Å². The van der Waals surface area contributed by atoms with Gasteiger partial charge in [0.25, 0.3) is 5.89 Å². The Bertz CT molecular complexity index is 1720. The molecule has 39 heavy (non-hydrogen) atoms. The number of nitrogens with one attached hydrogen (secondary N) is 1. The van der Waals surface area contributed by atoms with Crippen LogP contribution in [-0.2, 0) is 11.2 Å². The Morgan fingerprint density at radius 3 is 2.74 bits per heavy atom. The maximum Gasteiger partial charge on any atom is 0.573 e. The van der Waals surface area contributed by atoms with Gasteiger partial charge in [0.05, 0.1) is 6.42 Å². The Labute approximate surface area is 219 Å². The summed E-state index contributed by atoms with van der Waals surface area (Å²) in [5.41, 5.74) is 5.78. The maximum absolute atomic E-state index is 13.1. The molecule has 0 spiro atoms. The molecule has 0 fully saturated rings. The maximum atomic E-state index is 13.1. The number of carboxylic acid groups (broad SMARTS) is 1. The van der Waals surface area contributed by atoms with Crippen LogP contribution in [0.2, 0.25) is 0 Å². The van der Waals surface area contributed by atoms with E-state index in [4.69, 9.17) is 4.52 Å². The van der Waals surface area contributed by atoms with Gasteiger partial charge < -0.3 is 19.4 Å². The fourth-order valence-corrected chi connectivity index (χ4v) is 5.23. The van der Waals surface area contributed by atoms with E-state index in [1.165, 1.54) is 12.1 Å². The fourth-order valence-electron chi connectivity index (χ4n) is 5.23. The lowest BCUT2D eigenvalue weighted by molar-refractivity contribution is -0.274. The van der Waals surface area contributed by atoms with Crippen LogP contribution in [0.1, 0.15) is 35.6 Å². The number of ether oxygens (including phenoxy) is 1. The van der Waals surface area contributed by atoms with E-state index < -0.39 is 18.1 Å². The first-order valence-electron chi connectivity index (χ1n) is 12.2. The van der Waals surface area contributed by atoms with Crippen LogP contribution in [0.15, 0.2) is 59.4 Å². The highest BCUT2D eigenvalue weighted by atomic mass is 19.4. The number of aryl methyl sites for hydroxylation is 2. The quantitative estimate of drug-likeness (QED) is 0.250. The van der Waals surface area contributed by atoms with E-state index in [1.807, 2.05) is 25.1 Å². The topological polar surface area (TPSA) is 114 Å². The lowest BCUT2D eigenvalue weighted by Gasteiger charge is -2.12. The summed E-state index contributed by atoms with van der Waals surface area (Å²) in [5, 5.41) is 14.3. The summed E-state index contributed by atoms with van der Waals surface area (Å²) in [7, 11) is 0. The van der Waals surface area contributed by atoms with E-state index in [0.29, 0.717) is 16.7 Å². The molecule has 3 aromatic heterocycles. The summed E-state index contributed by atoms with van der Waals surface area (Å²) in [5.74, 6) is -1.00. The molecule has 2 N–H and O–H groups in total. The molecule has 11 heteroatoms. The number of alkyl halides is 3. The van der Waals surface area contributed by atoms with Gasteiger partial charge in [-0.25, -0.2) is 0 Å². The normalized spacial score (nSPS) is 15.0.